The number of nitrogens with one attached hydrogen (secondary N) is 2. The first-order valence-corrected chi connectivity index (χ1v) is 7.22. The van der Waals surface area contributed by atoms with Gasteiger partial charge < -0.3 is 10.6 Å². The number of hydrogen-bond donors (Lipinski definition) is 2. The van der Waals surface area contributed by atoms with Crippen molar-refractivity contribution < 1.29 is 4.92 Å². The van der Waals surface area contributed by atoms with E-state index in [1.807, 2.05) is 6.92 Å². The molecule has 0 atom stereocenters. The van der Waals surface area contributed by atoms with Gasteiger partial charge in [-0.25, -0.2) is 4.98 Å². The molecule has 7 nitrogen and oxygen atoms in total. The first kappa shape index (κ1) is 14.5. The molecule has 1 fully saturated rings. The van der Waals surface area contributed by atoms with Gasteiger partial charge in [0.2, 0.25) is 11.8 Å². The molecule has 1 aromatic heterocycles. The third kappa shape index (κ3) is 3.79. The van der Waals surface area contributed by atoms with Gasteiger partial charge in [-0.15, -0.1) is 0 Å². The summed E-state index contributed by atoms with van der Waals surface area (Å²) < 4.78 is 0. The predicted molar refractivity (Wildman–Crippen MR) is 78.0 cm³/mol. The molecule has 0 radical (unpaired) electrons. The second kappa shape index (κ2) is 7.02. The topological polar surface area (TPSA) is 93.0 Å². The summed E-state index contributed by atoms with van der Waals surface area (Å²) in [5.41, 5.74) is -0.0578. The minimum absolute atomic E-state index is 0.0578. The zero-order valence-electron chi connectivity index (χ0n) is 11.8. The Balaban J connectivity index is 2.14. The standard InChI is InChI=1S/C13H21N5O2/c1-2-8-14-13-15-9-11(18(19)20)12(17-13)16-10-6-4-3-5-7-10/h9-10H,2-8H2,1H3,(H2,14,15,16,17). The molecular formula is C13H21N5O2. The Labute approximate surface area is 118 Å². The van der Waals surface area contributed by atoms with Crippen molar-refractivity contribution in [2.24, 2.45) is 0 Å². The van der Waals surface area contributed by atoms with Crippen LogP contribution in [0.15, 0.2) is 6.20 Å². The van der Waals surface area contributed by atoms with E-state index in [0.29, 0.717) is 11.8 Å². The van der Waals surface area contributed by atoms with E-state index < -0.39 is 4.92 Å². The largest absolute Gasteiger partial charge is 0.361 e. The maximum atomic E-state index is 11.1. The van der Waals surface area contributed by atoms with Crippen molar-refractivity contribution in [1.29, 1.82) is 0 Å². The number of anilines is 2. The minimum Gasteiger partial charge on any atom is -0.361 e. The molecule has 1 aliphatic carbocycles. The highest BCUT2D eigenvalue weighted by atomic mass is 16.6. The Bertz CT molecular complexity index is 460. The summed E-state index contributed by atoms with van der Waals surface area (Å²) in [6.45, 7) is 2.79. The highest BCUT2D eigenvalue weighted by molar-refractivity contribution is 5.57. The third-order valence-corrected chi connectivity index (χ3v) is 3.45. The van der Waals surface area contributed by atoms with E-state index in [0.717, 1.165) is 38.6 Å². The minimum atomic E-state index is -0.436. The maximum Gasteiger partial charge on any atom is 0.329 e. The number of nitro groups is 1. The van der Waals surface area contributed by atoms with Gasteiger partial charge in [-0.1, -0.05) is 26.2 Å². The molecule has 1 aliphatic rings. The summed E-state index contributed by atoms with van der Waals surface area (Å²) >= 11 is 0. The highest BCUT2D eigenvalue weighted by Crippen LogP contribution is 2.26. The van der Waals surface area contributed by atoms with Crippen molar-refractivity contribution in [1.82, 2.24) is 9.97 Å². The predicted octanol–water partition coefficient (Wildman–Crippen LogP) is 2.95. The third-order valence-electron chi connectivity index (χ3n) is 3.45. The molecule has 1 saturated carbocycles. The summed E-state index contributed by atoms with van der Waals surface area (Å²) in [5, 5.41) is 17.3. The average Bonchev–Trinajstić information content (AvgIpc) is 2.46. The van der Waals surface area contributed by atoms with Gasteiger partial charge in [-0.05, 0) is 19.3 Å². The Morgan fingerprint density at radius 3 is 2.80 bits per heavy atom. The second-order valence-electron chi connectivity index (χ2n) is 5.09. The van der Waals surface area contributed by atoms with Crippen LogP contribution in [-0.2, 0) is 0 Å². The average molecular weight is 279 g/mol. The van der Waals surface area contributed by atoms with Crippen molar-refractivity contribution in [3.63, 3.8) is 0 Å². The van der Waals surface area contributed by atoms with Gasteiger partial charge in [0.15, 0.2) is 0 Å². The van der Waals surface area contributed by atoms with E-state index in [1.165, 1.54) is 12.6 Å². The van der Waals surface area contributed by atoms with E-state index in [2.05, 4.69) is 20.6 Å². The van der Waals surface area contributed by atoms with E-state index in [9.17, 15) is 10.1 Å². The zero-order chi connectivity index (χ0) is 14.4. The lowest BCUT2D eigenvalue weighted by molar-refractivity contribution is -0.384. The normalized spacial score (nSPS) is 15.8. The molecule has 0 unspecified atom stereocenters. The molecule has 0 bridgehead atoms. The lowest BCUT2D eigenvalue weighted by Crippen LogP contribution is -2.23. The number of hydrogen-bond acceptors (Lipinski definition) is 6. The Morgan fingerprint density at radius 2 is 2.15 bits per heavy atom. The van der Waals surface area contributed by atoms with Crippen LogP contribution >= 0.6 is 0 Å². The Kier molecular flexibility index (Phi) is 5.09. The Hall–Kier alpha value is -1.92. The number of rotatable bonds is 6. The SMILES string of the molecule is CCCNc1ncc([N+](=O)[O-])c(NC2CCCCC2)n1. The van der Waals surface area contributed by atoms with Crippen LogP contribution in [0.25, 0.3) is 0 Å². The van der Waals surface area contributed by atoms with Crippen molar-refractivity contribution in [2.75, 3.05) is 17.2 Å². The number of aromatic nitrogens is 2. The summed E-state index contributed by atoms with van der Waals surface area (Å²) in [6, 6.07) is 0.274. The van der Waals surface area contributed by atoms with Crippen LogP contribution in [0.2, 0.25) is 0 Å². The molecule has 0 aromatic carbocycles. The van der Waals surface area contributed by atoms with Gasteiger partial charge in [0.1, 0.15) is 6.20 Å². The summed E-state index contributed by atoms with van der Waals surface area (Å²) in [5.74, 6) is 0.770. The first-order chi connectivity index (χ1) is 9.70. The summed E-state index contributed by atoms with van der Waals surface area (Å²) in [7, 11) is 0. The fraction of sp³-hybridized carbons (Fsp3) is 0.692. The molecule has 20 heavy (non-hydrogen) atoms. The van der Waals surface area contributed by atoms with Crippen molar-refractivity contribution >= 4 is 17.5 Å². The van der Waals surface area contributed by atoms with Crippen molar-refractivity contribution in [3.05, 3.63) is 16.3 Å². The summed E-state index contributed by atoms with van der Waals surface area (Å²) in [6.07, 6.45) is 7.88. The van der Waals surface area contributed by atoms with Gasteiger partial charge in [0.25, 0.3) is 0 Å². The molecule has 0 saturated heterocycles. The molecule has 1 aromatic rings. The molecule has 1 heterocycles. The smallest absolute Gasteiger partial charge is 0.329 e. The van der Waals surface area contributed by atoms with Gasteiger partial charge in [-0.3, -0.25) is 10.1 Å². The van der Waals surface area contributed by atoms with E-state index in [1.54, 1.807) is 0 Å². The van der Waals surface area contributed by atoms with Gasteiger partial charge >= 0.3 is 5.69 Å². The quantitative estimate of drug-likeness (QED) is 0.614. The van der Waals surface area contributed by atoms with E-state index >= 15 is 0 Å². The van der Waals surface area contributed by atoms with Gasteiger partial charge in [-0.2, -0.15) is 4.98 Å². The van der Waals surface area contributed by atoms with E-state index in [-0.39, 0.29) is 11.7 Å². The second-order valence-corrected chi connectivity index (χ2v) is 5.09. The fourth-order valence-electron chi connectivity index (χ4n) is 2.38. The van der Waals surface area contributed by atoms with Crippen molar-refractivity contribution in [2.45, 2.75) is 51.5 Å². The van der Waals surface area contributed by atoms with Crippen LogP contribution in [0.5, 0.6) is 0 Å². The molecule has 0 spiro atoms. The lowest BCUT2D eigenvalue weighted by atomic mass is 9.95. The number of nitrogens with zero attached hydrogens (tertiary/aromatic N) is 3. The molecule has 7 heteroatoms. The maximum absolute atomic E-state index is 11.1. The summed E-state index contributed by atoms with van der Waals surface area (Å²) in [4.78, 5) is 18.9. The van der Waals surface area contributed by atoms with Crippen LogP contribution < -0.4 is 10.6 Å². The molecular weight excluding hydrogens is 258 g/mol. The van der Waals surface area contributed by atoms with Crippen LogP contribution in [0.4, 0.5) is 17.5 Å². The van der Waals surface area contributed by atoms with Crippen molar-refractivity contribution in [3.8, 4) is 0 Å². The van der Waals surface area contributed by atoms with Crippen LogP contribution in [0.3, 0.4) is 0 Å². The Morgan fingerprint density at radius 1 is 1.40 bits per heavy atom. The molecule has 2 rings (SSSR count). The zero-order valence-corrected chi connectivity index (χ0v) is 11.8. The van der Waals surface area contributed by atoms with Gasteiger partial charge in [0.05, 0.1) is 4.92 Å². The molecule has 0 aliphatic heterocycles. The first-order valence-electron chi connectivity index (χ1n) is 7.22. The van der Waals surface area contributed by atoms with Gasteiger partial charge in [0, 0.05) is 12.6 Å². The molecule has 110 valence electrons. The van der Waals surface area contributed by atoms with E-state index in [4.69, 9.17) is 0 Å². The fourth-order valence-corrected chi connectivity index (χ4v) is 2.38. The molecule has 0 amide bonds. The molecule has 2 N–H and O–H groups in total. The monoisotopic (exact) mass is 279 g/mol. The van der Waals surface area contributed by atoms with Crippen LogP contribution in [-0.4, -0.2) is 27.5 Å². The lowest BCUT2D eigenvalue weighted by Gasteiger charge is -2.23. The van der Waals surface area contributed by atoms with Crippen LogP contribution in [0, 0.1) is 10.1 Å². The van der Waals surface area contributed by atoms with Crippen LogP contribution in [0.1, 0.15) is 45.4 Å². The highest BCUT2D eigenvalue weighted by Gasteiger charge is 2.21.